The number of rotatable bonds is 6. The van der Waals surface area contributed by atoms with Gasteiger partial charge in [0.1, 0.15) is 17.3 Å². The number of anilines is 1. The van der Waals surface area contributed by atoms with Crippen LogP contribution in [-0.2, 0) is 6.42 Å². The Hall–Kier alpha value is -2.99. The van der Waals surface area contributed by atoms with Gasteiger partial charge in [0.2, 0.25) is 0 Å². The van der Waals surface area contributed by atoms with E-state index < -0.39 is 0 Å². The number of aryl methyl sites for hydroxylation is 2. The number of hydrogen-bond donors (Lipinski definition) is 2. The van der Waals surface area contributed by atoms with Crippen molar-refractivity contribution in [1.29, 1.82) is 0 Å². The molecule has 3 heterocycles. The summed E-state index contributed by atoms with van der Waals surface area (Å²) in [6.07, 6.45) is 2.60. The predicted molar refractivity (Wildman–Crippen MR) is 111 cm³/mol. The number of nitrogens with zero attached hydrogens (tertiary/aromatic N) is 3. The third kappa shape index (κ3) is 4.06. The van der Waals surface area contributed by atoms with Gasteiger partial charge >= 0.3 is 0 Å². The highest BCUT2D eigenvalue weighted by Gasteiger charge is 2.09. The van der Waals surface area contributed by atoms with Gasteiger partial charge in [0.05, 0.1) is 16.9 Å². The van der Waals surface area contributed by atoms with Crippen LogP contribution in [0.1, 0.15) is 17.1 Å². The smallest absolute Gasteiger partial charge is 0.130 e. The summed E-state index contributed by atoms with van der Waals surface area (Å²) >= 11 is 1.70. The maximum Gasteiger partial charge on any atom is 0.130 e. The highest BCUT2D eigenvalue weighted by atomic mass is 32.1. The Morgan fingerprint density at radius 2 is 1.93 bits per heavy atom. The van der Waals surface area contributed by atoms with Crippen molar-refractivity contribution in [1.82, 2.24) is 19.9 Å². The first-order chi connectivity index (χ1) is 13.2. The molecule has 136 valence electrons. The summed E-state index contributed by atoms with van der Waals surface area (Å²) in [5, 5.41) is 5.49. The molecule has 5 nitrogen and oxygen atoms in total. The fourth-order valence-corrected chi connectivity index (χ4v) is 3.73. The van der Waals surface area contributed by atoms with E-state index in [0.29, 0.717) is 0 Å². The van der Waals surface area contributed by atoms with E-state index in [1.807, 2.05) is 19.1 Å². The van der Waals surface area contributed by atoms with Crippen molar-refractivity contribution in [3.05, 3.63) is 71.3 Å². The number of aromatic amines is 1. The molecule has 0 radical (unpaired) electrons. The lowest BCUT2D eigenvalue weighted by Crippen LogP contribution is -2.08. The van der Waals surface area contributed by atoms with E-state index in [9.17, 15) is 0 Å². The minimum Gasteiger partial charge on any atom is -0.370 e. The van der Waals surface area contributed by atoms with Gasteiger partial charge < -0.3 is 10.3 Å². The summed E-state index contributed by atoms with van der Waals surface area (Å²) in [7, 11) is 0. The van der Waals surface area contributed by atoms with E-state index in [1.54, 1.807) is 17.7 Å². The van der Waals surface area contributed by atoms with Gasteiger partial charge in [-0.1, -0.05) is 35.9 Å². The van der Waals surface area contributed by atoms with Crippen molar-refractivity contribution in [2.45, 2.75) is 20.3 Å². The van der Waals surface area contributed by atoms with Crippen molar-refractivity contribution in [2.24, 2.45) is 0 Å². The molecule has 0 atom stereocenters. The highest BCUT2D eigenvalue weighted by Crippen LogP contribution is 2.25. The van der Waals surface area contributed by atoms with Gasteiger partial charge in [-0.3, -0.25) is 0 Å². The van der Waals surface area contributed by atoms with Crippen LogP contribution in [0.25, 0.3) is 21.8 Å². The molecule has 0 amide bonds. The normalized spacial score (nSPS) is 10.9. The zero-order chi connectivity index (χ0) is 18.6. The first-order valence-electron chi connectivity index (χ1n) is 8.92. The maximum atomic E-state index is 4.57. The largest absolute Gasteiger partial charge is 0.370 e. The van der Waals surface area contributed by atoms with Crippen LogP contribution in [0.3, 0.4) is 0 Å². The molecule has 0 unspecified atom stereocenters. The molecule has 4 rings (SSSR count). The second kappa shape index (κ2) is 7.72. The van der Waals surface area contributed by atoms with E-state index >= 15 is 0 Å². The third-order valence-corrected chi connectivity index (χ3v) is 5.22. The van der Waals surface area contributed by atoms with Crippen LogP contribution in [-0.4, -0.2) is 26.5 Å². The number of thiophene rings is 1. The summed E-state index contributed by atoms with van der Waals surface area (Å²) in [5.41, 5.74) is 5.44. The van der Waals surface area contributed by atoms with Crippen LogP contribution < -0.4 is 5.32 Å². The predicted octanol–water partition coefficient (Wildman–Crippen LogP) is 4.87. The molecular formula is C21H21N5S. The molecule has 2 N–H and O–H groups in total. The van der Waals surface area contributed by atoms with Crippen molar-refractivity contribution in [2.75, 3.05) is 11.9 Å². The maximum absolute atomic E-state index is 4.57. The monoisotopic (exact) mass is 375 g/mol. The van der Waals surface area contributed by atoms with Gasteiger partial charge in [0, 0.05) is 30.3 Å². The molecule has 0 saturated heterocycles. The van der Waals surface area contributed by atoms with E-state index in [4.69, 9.17) is 0 Å². The molecule has 0 fully saturated rings. The zero-order valence-electron chi connectivity index (χ0n) is 15.4. The number of aromatic nitrogens is 4. The Kier molecular flexibility index (Phi) is 4.98. The number of nitrogens with one attached hydrogen (secondary N) is 2. The number of hydrogen-bond acceptors (Lipinski definition) is 5. The third-order valence-electron chi connectivity index (χ3n) is 4.34. The lowest BCUT2D eigenvalue weighted by Gasteiger charge is -2.09. The fourth-order valence-electron chi connectivity index (χ4n) is 2.98. The molecule has 3 aromatic heterocycles. The lowest BCUT2D eigenvalue weighted by atomic mass is 10.1. The number of H-pyrrole nitrogens is 1. The molecule has 6 heteroatoms. The Balaban J connectivity index is 1.46. The standard InChI is InChI=1S/C21H21N5S/c1-14-5-7-16(8-6-14)18-12-20(26-15(2)25-18)22-10-9-17-21(24-13-23-17)19-4-3-11-27-19/h3-8,11-13H,9-10H2,1-2H3,(H,23,24)(H,22,25,26). The summed E-state index contributed by atoms with van der Waals surface area (Å²) in [6, 6.07) is 14.5. The van der Waals surface area contributed by atoms with Gasteiger partial charge in [-0.05, 0) is 25.3 Å². The second-order valence-corrected chi connectivity index (χ2v) is 7.38. The van der Waals surface area contributed by atoms with E-state index in [0.717, 1.165) is 47.3 Å². The summed E-state index contributed by atoms with van der Waals surface area (Å²) in [6.45, 7) is 4.78. The van der Waals surface area contributed by atoms with Crippen LogP contribution >= 0.6 is 11.3 Å². The Morgan fingerprint density at radius 3 is 2.70 bits per heavy atom. The minimum absolute atomic E-state index is 0.761. The Bertz CT molecular complexity index is 1020. The summed E-state index contributed by atoms with van der Waals surface area (Å²) in [4.78, 5) is 18.0. The number of benzene rings is 1. The van der Waals surface area contributed by atoms with Crippen molar-refractivity contribution < 1.29 is 0 Å². The molecule has 1 aromatic carbocycles. The molecule has 0 aliphatic carbocycles. The van der Waals surface area contributed by atoms with Crippen LogP contribution in [0, 0.1) is 13.8 Å². The van der Waals surface area contributed by atoms with E-state index in [1.165, 1.54) is 10.4 Å². The molecule has 0 saturated carbocycles. The SMILES string of the molecule is Cc1ccc(-c2cc(NCCc3[nH]cnc3-c3cccs3)nc(C)n2)cc1. The molecule has 0 bridgehead atoms. The van der Waals surface area contributed by atoms with Gasteiger partial charge in [-0.25, -0.2) is 15.0 Å². The minimum atomic E-state index is 0.761. The molecule has 27 heavy (non-hydrogen) atoms. The summed E-state index contributed by atoms with van der Waals surface area (Å²) in [5.74, 6) is 1.60. The van der Waals surface area contributed by atoms with Crippen molar-refractivity contribution in [3.63, 3.8) is 0 Å². The van der Waals surface area contributed by atoms with Gasteiger partial charge in [0.15, 0.2) is 0 Å². The quantitative estimate of drug-likeness (QED) is 0.505. The second-order valence-electron chi connectivity index (χ2n) is 6.44. The average Bonchev–Trinajstić information content (AvgIpc) is 3.33. The fraction of sp³-hybridized carbons (Fsp3) is 0.190. The van der Waals surface area contributed by atoms with E-state index in [2.05, 4.69) is 67.9 Å². The van der Waals surface area contributed by atoms with Crippen LogP contribution in [0.4, 0.5) is 5.82 Å². The van der Waals surface area contributed by atoms with Gasteiger partial charge in [-0.2, -0.15) is 0 Å². The number of imidazole rings is 1. The van der Waals surface area contributed by atoms with Gasteiger partial charge in [0.25, 0.3) is 0 Å². The average molecular weight is 376 g/mol. The molecule has 0 aliphatic heterocycles. The topological polar surface area (TPSA) is 66.5 Å². The first-order valence-corrected chi connectivity index (χ1v) is 9.80. The van der Waals surface area contributed by atoms with E-state index in [-0.39, 0.29) is 0 Å². The van der Waals surface area contributed by atoms with Crippen LogP contribution in [0.5, 0.6) is 0 Å². The van der Waals surface area contributed by atoms with Crippen molar-refractivity contribution >= 4 is 17.2 Å². The van der Waals surface area contributed by atoms with Gasteiger partial charge in [-0.15, -0.1) is 11.3 Å². The molecule has 0 spiro atoms. The lowest BCUT2D eigenvalue weighted by molar-refractivity contribution is 0.957. The first kappa shape index (κ1) is 17.4. The molecule has 0 aliphatic rings. The van der Waals surface area contributed by atoms with Crippen LogP contribution in [0.2, 0.25) is 0 Å². The molecular weight excluding hydrogens is 354 g/mol. The van der Waals surface area contributed by atoms with Crippen molar-refractivity contribution in [3.8, 4) is 21.8 Å². The Labute approximate surface area is 162 Å². The Morgan fingerprint density at radius 1 is 1.07 bits per heavy atom. The summed E-state index contributed by atoms with van der Waals surface area (Å²) < 4.78 is 0. The highest BCUT2D eigenvalue weighted by molar-refractivity contribution is 7.13. The molecule has 4 aromatic rings. The zero-order valence-corrected chi connectivity index (χ0v) is 16.2. The van der Waals surface area contributed by atoms with Crippen LogP contribution in [0.15, 0.2) is 54.2 Å².